The third-order valence-corrected chi connectivity index (χ3v) is 1.96. The molecule has 0 aliphatic heterocycles. The van der Waals surface area contributed by atoms with Crippen LogP contribution in [0.2, 0.25) is 0 Å². The van der Waals surface area contributed by atoms with E-state index in [0.29, 0.717) is 0 Å². The van der Waals surface area contributed by atoms with Crippen molar-refractivity contribution in [2.75, 3.05) is 0 Å². The van der Waals surface area contributed by atoms with E-state index < -0.39 is 23.5 Å². The molecule has 0 saturated carbocycles. The van der Waals surface area contributed by atoms with Crippen LogP contribution in [0, 0.1) is 11.8 Å². The second-order valence-corrected chi connectivity index (χ2v) is 6.44. The molecule has 8 heteroatoms. The summed E-state index contributed by atoms with van der Waals surface area (Å²) in [5.41, 5.74) is -2.26. The van der Waals surface area contributed by atoms with Crippen molar-refractivity contribution in [3.63, 3.8) is 0 Å². The molecule has 24 heavy (non-hydrogen) atoms. The molecule has 0 aliphatic carbocycles. The van der Waals surface area contributed by atoms with Crippen molar-refractivity contribution in [3.8, 4) is 11.8 Å². The van der Waals surface area contributed by atoms with Gasteiger partial charge in [0.05, 0.1) is 12.2 Å². The number of hydrogen-bond donors (Lipinski definition) is 0. The Labute approximate surface area is 142 Å². The van der Waals surface area contributed by atoms with Crippen LogP contribution in [0.25, 0.3) is 0 Å². The van der Waals surface area contributed by atoms with E-state index in [1.54, 1.807) is 55.4 Å². The number of rotatable bonds is 6. The summed E-state index contributed by atoms with van der Waals surface area (Å²) in [5, 5.41) is 0. The standard InChI is InChI=1S/C16H26O8/c1-11(2)19-13(17)21-23-15(5,6)9-10-16(7,8)24-22-14(18)20-12(3)4/h11-12H,1-8H3. The molecule has 0 aromatic heterocycles. The second kappa shape index (κ2) is 9.35. The van der Waals surface area contributed by atoms with E-state index in [-0.39, 0.29) is 12.2 Å². The Bertz CT molecular complexity index is 440. The van der Waals surface area contributed by atoms with Gasteiger partial charge in [-0.3, -0.25) is 9.78 Å². The van der Waals surface area contributed by atoms with Crippen molar-refractivity contribution in [1.29, 1.82) is 0 Å². The van der Waals surface area contributed by atoms with E-state index in [2.05, 4.69) is 21.6 Å². The molecule has 0 heterocycles. The van der Waals surface area contributed by atoms with Crippen molar-refractivity contribution >= 4 is 12.3 Å². The van der Waals surface area contributed by atoms with Crippen LogP contribution in [-0.4, -0.2) is 35.7 Å². The van der Waals surface area contributed by atoms with Crippen LogP contribution in [0.4, 0.5) is 9.59 Å². The van der Waals surface area contributed by atoms with Gasteiger partial charge < -0.3 is 9.47 Å². The number of carbonyl (C=O) groups is 2. The zero-order valence-corrected chi connectivity index (χ0v) is 15.4. The third kappa shape index (κ3) is 11.6. The predicted octanol–water partition coefficient (Wildman–Crippen LogP) is 3.53. The number of ether oxygens (including phenoxy) is 2. The molecule has 0 fully saturated rings. The Kier molecular flexibility index (Phi) is 8.58. The summed E-state index contributed by atoms with van der Waals surface area (Å²) in [6, 6.07) is 0. The van der Waals surface area contributed by atoms with Gasteiger partial charge in [0.25, 0.3) is 0 Å². The summed E-state index contributed by atoms with van der Waals surface area (Å²) < 4.78 is 9.51. The highest BCUT2D eigenvalue weighted by Gasteiger charge is 2.24. The molecule has 0 spiro atoms. The maximum absolute atomic E-state index is 11.3. The fourth-order valence-electron chi connectivity index (χ4n) is 1.04. The molecule has 8 nitrogen and oxygen atoms in total. The molecule has 0 amide bonds. The van der Waals surface area contributed by atoms with Gasteiger partial charge in [-0.1, -0.05) is 11.8 Å². The van der Waals surface area contributed by atoms with Gasteiger partial charge in [0, 0.05) is 0 Å². The zero-order valence-electron chi connectivity index (χ0n) is 15.4. The Morgan fingerprint density at radius 2 is 1.00 bits per heavy atom. The quantitative estimate of drug-likeness (QED) is 0.312. The van der Waals surface area contributed by atoms with Gasteiger partial charge in [0.2, 0.25) is 0 Å². The first-order chi connectivity index (χ1) is 10.8. The molecule has 0 aromatic carbocycles. The zero-order chi connectivity index (χ0) is 19.0. The first kappa shape index (κ1) is 22.0. The van der Waals surface area contributed by atoms with E-state index in [1.807, 2.05) is 0 Å². The van der Waals surface area contributed by atoms with Gasteiger partial charge in [-0.2, -0.15) is 9.78 Å². The minimum Gasteiger partial charge on any atom is -0.430 e. The highest BCUT2D eigenvalue weighted by molar-refractivity contribution is 5.59. The average molecular weight is 346 g/mol. The summed E-state index contributed by atoms with van der Waals surface area (Å²) in [7, 11) is 0. The van der Waals surface area contributed by atoms with Crippen LogP contribution in [0.5, 0.6) is 0 Å². The van der Waals surface area contributed by atoms with Crippen molar-refractivity contribution in [2.24, 2.45) is 0 Å². The first-order valence-corrected chi connectivity index (χ1v) is 7.50. The first-order valence-electron chi connectivity index (χ1n) is 7.50. The molecule has 0 atom stereocenters. The van der Waals surface area contributed by atoms with Crippen LogP contribution < -0.4 is 0 Å². The minimum absolute atomic E-state index is 0.328. The van der Waals surface area contributed by atoms with Gasteiger partial charge in [-0.25, -0.2) is 9.59 Å². The minimum atomic E-state index is -1.13. The summed E-state index contributed by atoms with van der Waals surface area (Å²) in [6.45, 7) is 13.0. The third-order valence-electron chi connectivity index (χ3n) is 1.96. The van der Waals surface area contributed by atoms with Gasteiger partial charge >= 0.3 is 12.3 Å². The average Bonchev–Trinajstić information content (AvgIpc) is 2.40. The van der Waals surface area contributed by atoms with Crippen molar-refractivity contribution in [2.45, 2.75) is 78.8 Å². The maximum atomic E-state index is 11.3. The van der Waals surface area contributed by atoms with Gasteiger partial charge in [-0.15, -0.1) is 0 Å². The SMILES string of the molecule is CC(C)OC(=O)OOC(C)(C)C#CC(C)(C)OOC(=O)OC(C)C. The van der Waals surface area contributed by atoms with Crippen molar-refractivity contribution in [3.05, 3.63) is 0 Å². The molecular weight excluding hydrogens is 320 g/mol. The summed E-state index contributed by atoms with van der Waals surface area (Å²) in [4.78, 5) is 41.4. The Morgan fingerprint density at radius 3 is 1.25 bits per heavy atom. The van der Waals surface area contributed by atoms with Crippen LogP contribution in [0.3, 0.4) is 0 Å². The topological polar surface area (TPSA) is 89.5 Å². The summed E-state index contributed by atoms with van der Waals surface area (Å²) in [5.74, 6) is 5.42. The normalized spacial score (nSPS) is 11.6. The monoisotopic (exact) mass is 346 g/mol. The van der Waals surface area contributed by atoms with Crippen LogP contribution >= 0.6 is 0 Å². The second-order valence-electron chi connectivity index (χ2n) is 6.44. The Morgan fingerprint density at radius 1 is 0.708 bits per heavy atom. The van der Waals surface area contributed by atoms with Gasteiger partial charge in [-0.05, 0) is 55.4 Å². The van der Waals surface area contributed by atoms with E-state index >= 15 is 0 Å². The van der Waals surface area contributed by atoms with Crippen LogP contribution in [0.1, 0.15) is 55.4 Å². The molecule has 0 radical (unpaired) electrons. The van der Waals surface area contributed by atoms with Crippen LogP contribution in [-0.2, 0) is 29.0 Å². The summed E-state index contributed by atoms with van der Waals surface area (Å²) in [6.07, 6.45) is -2.58. The van der Waals surface area contributed by atoms with Crippen LogP contribution in [0.15, 0.2) is 0 Å². The Hall–Kier alpha value is -1.98. The highest BCUT2D eigenvalue weighted by atomic mass is 17.2. The van der Waals surface area contributed by atoms with Gasteiger partial charge in [0.1, 0.15) is 0 Å². The molecular formula is C16H26O8. The lowest BCUT2D eigenvalue weighted by Crippen LogP contribution is -2.29. The molecule has 0 rings (SSSR count). The molecule has 0 N–H and O–H groups in total. The lowest BCUT2D eigenvalue weighted by atomic mass is 10.1. The predicted molar refractivity (Wildman–Crippen MR) is 83.5 cm³/mol. The lowest BCUT2D eigenvalue weighted by Gasteiger charge is -2.19. The van der Waals surface area contributed by atoms with Crippen molar-refractivity contribution in [1.82, 2.24) is 0 Å². The molecule has 138 valence electrons. The molecule has 0 aliphatic rings. The Balaban J connectivity index is 4.52. The molecule has 0 unspecified atom stereocenters. The fourth-order valence-corrected chi connectivity index (χ4v) is 1.04. The van der Waals surface area contributed by atoms with Gasteiger partial charge in [0.15, 0.2) is 11.2 Å². The number of carbonyl (C=O) groups excluding carboxylic acids is 2. The van der Waals surface area contributed by atoms with E-state index in [1.165, 1.54) is 0 Å². The largest absolute Gasteiger partial charge is 0.540 e. The summed E-state index contributed by atoms with van der Waals surface area (Å²) >= 11 is 0. The smallest absolute Gasteiger partial charge is 0.430 e. The maximum Gasteiger partial charge on any atom is 0.540 e. The number of hydrogen-bond acceptors (Lipinski definition) is 8. The van der Waals surface area contributed by atoms with E-state index in [4.69, 9.17) is 19.2 Å². The van der Waals surface area contributed by atoms with Crippen molar-refractivity contribution < 1.29 is 38.6 Å². The highest BCUT2D eigenvalue weighted by Crippen LogP contribution is 2.13. The molecule has 0 bridgehead atoms. The fraction of sp³-hybridized carbons (Fsp3) is 0.750. The lowest BCUT2D eigenvalue weighted by molar-refractivity contribution is -0.305. The van der Waals surface area contributed by atoms with E-state index in [0.717, 1.165) is 0 Å². The molecule has 0 saturated heterocycles. The molecule has 0 aromatic rings. The van der Waals surface area contributed by atoms with E-state index in [9.17, 15) is 9.59 Å².